The second-order valence-electron chi connectivity index (χ2n) is 10.0. The fourth-order valence-corrected chi connectivity index (χ4v) is 7.20. The van der Waals surface area contributed by atoms with Crippen molar-refractivity contribution in [3.8, 4) is 0 Å². The van der Waals surface area contributed by atoms with Crippen molar-refractivity contribution in [3.05, 3.63) is 0 Å². The van der Waals surface area contributed by atoms with Crippen LogP contribution in [0, 0.1) is 33.5 Å². The third-order valence-electron chi connectivity index (χ3n) is 9.49. The molecule has 0 heterocycles. The SMILES string of the molecule is CCC12CCC(CC1=O)C2(C)C.CCC12CCC(CC1=O)C2(C)C. The van der Waals surface area contributed by atoms with Crippen molar-refractivity contribution in [2.45, 2.75) is 92.9 Å². The molecule has 4 rings (SSSR count). The van der Waals surface area contributed by atoms with E-state index in [-0.39, 0.29) is 10.8 Å². The molecule has 4 unspecified atom stereocenters. The molecule has 0 radical (unpaired) electrons. The Bertz CT molecular complexity index is 508. The lowest BCUT2D eigenvalue weighted by Crippen LogP contribution is -2.34. The topological polar surface area (TPSA) is 34.1 Å². The van der Waals surface area contributed by atoms with Gasteiger partial charge in [0.2, 0.25) is 0 Å². The number of carbonyl (C=O) groups is 2. The zero-order valence-corrected chi connectivity index (χ0v) is 16.6. The summed E-state index contributed by atoms with van der Waals surface area (Å²) in [5.41, 5.74) is 0.715. The predicted molar refractivity (Wildman–Crippen MR) is 97.7 cm³/mol. The molecule has 4 saturated carbocycles. The molecular weight excluding hydrogens is 296 g/mol. The summed E-state index contributed by atoms with van der Waals surface area (Å²) < 4.78 is 0. The van der Waals surface area contributed by atoms with Gasteiger partial charge in [-0.1, -0.05) is 41.5 Å². The minimum Gasteiger partial charge on any atom is -0.299 e. The van der Waals surface area contributed by atoms with E-state index >= 15 is 0 Å². The first kappa shape index (κ1) is 18.1. The van der Waals surface area contributed by atoms with Crippen LogP contribution in [0.2, 0.25) is 0 Å². The molecule has 0 spiro atoms. The van der Waals surface area contributed by atoms with Gasteiger partial charge in [0.05, 0.1) is 0 Å². The van der Waals surface area contributed by atoms with Gasteiger partial charge in [-0.05, 0) is 61.2 Å². The average molecular weight is 333 g/mol. The molecule has 0 aromatic carbocycles. The first-order chi connectivity index (χ1) is 11.1. The normalized spacial score (nSPS) is 43.9. The second kappa shape index (κ2) is 5.42. The molecule has 136 valence electrons. The first-order valence-corrected chi connectivity index (χ1v) is 10.2. The van der Waals surface area contributed by atoms with Crippen LogP contribution in [-0.4, -0.2) is 11.6 Å². The Morgan fingerprint density at radius 1 is 0.750 bits per heavy atom. The Hall–Kier alpha value is -0.660. The summed E-state index contributed by atoms with van der Waals surface area (Å²) in [6.07, 6.45) is 8.70. The van der Waals surface area contributed by atoms with Gasteiger partial charge in [0.15, 0.2) is 0 Å². The summed E-state index contributed by atoms with van der Waals surface area (Å²) in [5, 5.41) is 0. The van der Waals surface area contributed by atoms with Gasteiger partial charge in [0.25, 0.3) is 0 Å². The Morgan fingerprint density at radius 3 is 1.21 bits per heavy atom. The smallest absolute Gasteiger partial charge is 0.139 e. The molecule has 4 fully saturated rings. The lowest BCUT2D eigenvalue weighted by Gasteiger charge is -2.35. The van der Waals surface area contributed by atoms with Crippen molar-refractivity contribution in [2.24, 2.45) is 33.5 Å². The molecule has 0 N–H and O–H groups in total. The fraction of sp³-hybridized carbons (Fsp3) is 0.909. The maximum atomic E-state index is 11.8. The van der Waals surface area contributed by atoms with Crippen molar-refractivity contribution in [2.75, 3.05) is 0 Å². The van der Waals surface area contributed by atoms with Gasteiger partial charge in [0.1, 0.15) is 11.6 Å². The van der Waals surface area contributed by atoms with E-state index in [1.54, 1.807) is 0 Å². The maximum absolute atomic E-state index is 11.8. The van der Waals surface area contributed by atoms with E-state index < -0.39 is 0 Å². The molecule has 0 amide bonds. The standard InChI is InChI=1S/2C11H18O/c2*1-4-11-6-5-8(7-9(11)12)10(11,2)3/h2*8H,4-7H2,1-3H3. The zero-order valence-electron chi connectivity index (χ0n) is 16.6. The van der Waals surface area contributed by atoms with Crippen molar-refractivity contribution < 1.29 is 9.59 Å². The summed E-state index contributed by atoms with van der Waals surface area (Å²) in [4.78, 5) is 23.6. The van der Waals surface area contributed by atoms with E-state index in [1.165, 1.54) is 12.8 Å². The number of Topliss-reactive ketones (excluding diaryl/α,β-unsaturated/α-hetero) is 2. The molecule has 0 aromatic rings. The molecule has 24 heavy (non-hydrogen) atoms. The van der Waals surface area contributed by atoms with Gasteiger partial charge in [-0.25, -0.2) is 0 Å². The van der Waals surface area contributed by atoms with Crippen LogP contribution >= 0.6 is 0 Å². The molecule has 4 bridgehead atoms. The van der Waals surface area contributed by atoms with Crippen LogP contribution in [0.25, 0.3) is 0 Å². The van der Waals surface area contributed by atoms with Crippen LogP contribution < -0.4 is 0 Å². The van der Waals surface area contributed by atoms with Crippen molar-refractivity contribution in [1.29, 1.82) is 0 Å². The molecular formula is C22H36O2. The lowest BCUT2D eigenvalue weighted by atomic mass is 9.67. The summed E-state index contributed by atoms with van der Waals surface area (Å²) in [7, 11) is 0. The zero-order chi connectivity index (χ0) is 18.0. The largest absolute Gasteiger partial charge is 0.299 e. The Kier molecular flexibility index (Phi) is 4.09. The van der Waals surface area contributed by atoms with E-state index in [4.69, 9.17) is 0 Å². The van der Waals surface area contributed by atoms with E-state index in [9.17, 15) is 9.59 Å². The Labute approximate surface area is 148 Å². The summed E-state index contributed by atoms with van der Waals surface area (Å²) in [6.45, 7) is 13.5. The monoisotopic (exact) mass is 332 g/mol. The van der Waals surface area contributed by atoms with Crippen molar-refractivity contribution >= 4 is 11.6 Å². The second-order valence-corrected chi connectivity index (χ2v) is 10.0. The molecule has 4 aliphatic rings. The van der Waals surface area contributed by atoms with Crippen LogP contribution in [-0.2, 0) is 9.59 Å². The van der Waals surface area contributed by atoms with E-state index in [2.05, 4.69) is 41.5 Å². The molecule has 0 aromatic heterocycles. The first-order valence-electron chi connectivity index (χ1n) is 10.2. The molecule has 2 heteroatoms. The summed E-state index contributed by atoms with van der Waals surface area (Å²) >= 11 is 0. The van der Waals surface area contributed by atoms with Gasteiger partial charge < -0.3 is 0 Å². The van der Waals surface area contributed by atoms with Crippen LogP contribution in [0.5, 0.6) is 0 Å². The van der Waals surface area contributed by atoms with Gasteiger partial charge in [-0.15, -0.1) is 0 Å². The van der Waals surface area contributed by atoms with Gasteiger partial charge in [-0.2, -0.15) is 0 Å². The number of rotatable bonds is 2. The Balaban J connectivity index is 0.000000141. The minimum absolute atomic E-state index is 0.0671. The van der Waals surface area contributed by atoms with Gasteiger partial charge >= 0.3 is 0 Å². The van der Waals surface area contributed by atoms with E-state index in [1.807, 2.05) is 0 Å². The van der Waals surface area contributed by atoms with Crippen LogP contribution in [0.1, 0.15) is 92.9 Å². The van der Waals surface area contributed by atoms with Crippen LogP contribution in [0.4, 0.5) is 0 Å². The predicted octanol–water partition coefficient (Wildman–Crippen LogP) is 5.58. The highest BCUT2D eigenvalue weighted by Crippen LogP contribution is 2.66. The lowest BCUT2D eigenvalue weighted by molar-refractivity contribution is -0.130. The molecule has 0 saturated heterocycles. The fourth-order valence-electron chi connectivity index (χ4n) is 7.20. The summed E-state index contributed by atoms with van der Waals surface area (Å²) in [6, 6.07) is 0. The quantitative estimate of drug-likeness (QED) is 0.661. The number of fused-ring (bicyclic) bond motifs is 4. The van der Waals surface area contributed by atoms with E-state index in [0.29, 0.717) is 34.2 Å². The highest BCUT2D eigenvalue weighted by molar-refractivity contribution is 5.90. The number of ketones is 2. The molecule has 0 aliphatic heterocycles. The van der Waals surface area contributed by atoms with Crippen molar-refractivity contribution in [1.82, 2.24) is 0 Å². The highest BCUT2D eigenvalue weighted by atomic mass is 16.1. The number of hydrogen-bond donors (Lipinski definition) is 0. The highest BCUT2D eigenvalue weighted by Gasteiger charge is 2.63. The minimum atomic E-state index is 0.0671. The van der Waals surface area contributed by atoms with Gasteiger partial charge in [0, 0.05) is 23.7 Å². The number of carbonyl (C=O) groups excluding carboxylic acids is 2. The number of hydrogen-bond acceptors (Lipinski definition) is 2. The van der Waals surface area contributed by atoms with E-state index in [0.717, 1.165) is 38.5 Å². The molecule has 2 nitrogen and oxygen atoms in total. The van der Waals surface area contributed by atoms with Crippen LogP contribution in [0.3, 0.4) is 0 Å². The molecule has 4 atom stereocenters. The average Bonchev–Trinajstić information content (AvgIpc) is 3.07. The van der Waals surface area contributed by atoms with Crippen LogP contribution in [0.15, 0.2) is 0 Å². The summed E-state index contributed by atoms with van der Waals surface area (Å²) in [5.74, 6) is 2.47. The molecule has 4 aliphatic carbocycles. The third-order valence-corrected chi connectivity index (χ3v) is 9.49. The Morgan fingerprint density at radius 2 is 1.08 bits per heavy atom. The van der Waals surface area contributed by atoms with Crippen molar-refractivity contribution in [3.63, 3.8) is 0 Å². The third kappa shape index (κ3) is 1.95. The maximum Gasteiger partial charge on any atom is 0.139 e. The van der Waals surface area contributed by atoms with Gasteiger partial charge in [-0.3, -0.25) is 9.59 Å².